The van der Waals surface area contributed by atoms with Gasteiger partial charge in [-0.2, -0.15) is 5.26 Å². The fraction of sp³-hybridized carbons (Fsp3) is 0.400. The maximum Gasteiger partial charge on any atom is 0.317 e. The Balaban J connectivity index is 1.57. The summed E-state index contributed by atoms with van der Waals surface area (Å²) >= 11 is 6.05. The van der Waals surface area contributed by atoms with E-state index in [1.165, 1.54) is 6.20 Å². The number of nitrogens with zero attached hydrogens (tertiary/aromatic N) is 5. The summed E-state index contributed by atoms with van der Waals surface area (Å²) in [6, 6.07) is 7.69. The SMILES string of the molecule is Cc1cc(CNC(=O)N(C)[C@@H]2CCCN(c3cnc(C#N)cn3)C2)ccc1Cl. The number of hydrogen-bond donors (Lipinski definition) is 1. The number of benzene rings is 1. The molecular formula is C20H23ClN6O. The van der Waals surface area contributed by atoms with E-state index in [9.17, 15) is 4.79 Å². The highest BCUT2D eigenvalue weighted by Crippen LogP contribution is 2.20. The number of hydrogen-bond acceptors (Lipinski definition) is 5. The highest BCUT2D eigenvalue weighted by atomic mass is 35.5. The quantitative estimate of drug-likeness (QED) is 0.855. The van der Waals surface area contributed by atoms with E-state index in [2.05, 4.69) is 20.2 Å². The van der Waals surface area contributed by atoms with Crippen molar-refractivity contribution in [3.05, 3.63) is 52.4 Å². The van der Waals surface area contributed by atoms with Crippen LogP contribution in [-0.2, 0) is 6.54 Å². The summed E-state index contributed by atoms with van der Waals surface area (Å²) in [7, 11) is 1.82. The first-order chi connectivity index (χ1) is 13.5. The van der Waals surface area contributed by atoms with Gasteiger partial charge >= 0.3 is 6.03 Å². The van der Waals surface area contributed by atoms with Gasteiger partial charge in [-0.05, 0) is 37.0 Å². The first kappa shape index (κ1) is 19.9. The van der Waals surface area contributed by atoms with Gasteiger partial charge in [0.05, 0.1) is 18.4 Å². The van der Waals surface area contributed by atoms with Crippen molar-refractivity contribution in [1.82, 2.24) is 20.2 Å². The summed E-state index contributed by atoms with van der Waals surface area (Å²) in [5.41, 5.74) is 2.31. The molecule has 1 atom stereocenters. The lowest BCUT2D eigenvalue weighted by atomic mass is 10.0. The van der Waals surface area contributed by atoms with Crippen molar-refractivity contribution in [2.75, 3.05) is 25.0 Å². The minimum atomic E-state index is -0.106. The molecule has 0 radical (unpaired) electrons. The molecule has 1 aromatic heterocycles. The Morgan fingerprint density at radius 3 is 2.93 bits per heavy atom. The van der Waals surface area contributed by atoms with Gasteiger partial charge in [0.2, 0.25) is 0 Å². The van der Waals surface area contributed by atoms with Crippen LogP contribution in [0.2, 0.25) is 5.02 Å². The zero-order chi connectivity index (χ0) is 20.1. The maximum absolute atomic E-state index is 12.6. The molecule has 1 fully saturated rings. The monoisotopic (exact) mass is 398 g/mol. The van der Waals surface area contributed by atoms with Crippen LogP contribution in [0.25, 0.3) is 0 Å². The summed E-state index contributed by atoms with van der Waals surface area (Å²) < 4.78 is 0. The number of halogens is 1. The number of likely N-dealkylation sites (N-methyl/N-ethyl adjacent to an activating group) is 1. The largest absolute Gasteiger partial charge is 0.353 e. The predicted molar refractivity (Wildman–Crippen MR) is 108 cm³/mol. The van der Waals surface area contributed by atoms with Crippen molar-refractivity contribution in [3.8, 4) is 6.07 Å². The third-order valence-electron chi connectivity index (χ3n) is 5.01. The Labute approximate surface area is 169 Å². The number of aromatic nitrogens is 2. The number of urea groups is 1. The Bertz CT molecular complexity index is 879. The third-order valence-corrected chi connectivity index (χ3v) is 5.43. The van der Waals surface area contributed by atoms with Gasteiger partial charge in [0.15, 0.2) is 5.69 Å². The normalized spacial score (nSPS) is 16.4. The number of carbonyl (C=O) groups is 1. The minimum absolute atomic E-state index is 0.0816. The van der Waals surface area contributed by atoms with E-state index < -0.39 is 0 Å². The number of carbonyl (C=O) groups excluding carboxylic acids is 1. The van der Waals surface area contributed by atoms with Gasteiger partial charge in [0.25, 0.3) is 0 Å². The molecule has 0 unspecified atom stereocenters. The van der Waals surface area contributed by atoms with Crippen molar-refractivity contribution in [3.63, 3.8) is 0 Å². The molecule has 2 heterocycles. The number of nitrogens with one attached hydrogen (secondary N) is 1. The van der Waals surface area contributed by atoms with Gasteiger partial charge in [-0.3, -0.25) is 0 Å². The summed E-state index contributed by atoms with van der Waals surface area (Å²) in [4.78, 5) is 24.9. The van der Waals surface area contributed by atoms with Gasteiger partial charge in [-0.15, -0.1) is 0 Å². The molecule has 28 heavy (non-hydrogen) atoms. The fourth-order valence-electron chi connectivity index (χ4n) is 3.31. The van der Waals surface area contributed by atoms with E-state index in [1.807, 2.05) is 38.2 Å². The molecular weight excluding hydrogens is 376 g/mol. The number of amides is 2. The molecule has 7 nitrogen and oxygen atoms in total. The van der Waals surface area contributed by atoms with Crippen LogP contribution in [0.1, 0.15) is 29.7 Å². The molecule has 1 aliphatic rings. The molecule has 1 aliphatic heterocycles. The van der Waals surface area contributed by atoms with Crippen molar-refractivity contribution < 1.29 is 4.79 Å². The summed E-state index contributed by atoms with van der Waals surface area (Å²) in [6.07, 6.45) is 4.98. The Hall–Kier alpha value is -2.85. The van der Waals surface area contributed by atoms with Crippen molar-refractivity contribution in [2.45, 2.75) is 32.4 Å². The molecule has 8 heteroatoms. The van der Waals surface area contributed by atoms with Crippen LogP contribution in [0.5, 0.6) is 0 Å². The number of rotatable bonds is 4. The highest BCUT2D eigenvalue weighted by molar-refractivity contribution is 6.31. The topological polar surface area (TPSA) is 85.2 Å². The van der Waals surface area contributed by atoms with E-state index in [0.29, 0.717) is 18.8 Å². The zero-order valence-corrected chi connectivity index (χ0v) is 16.8. The Morgan fingerprint density at radius 2 is 2.25 bits per heavy atom. The minimum Gasteiger partial charge on any atom is -0.353 e. The van der Waals surface area contributed by atoms with Crippen LogP contribution in [0.4, 0.5) is 10.6 Å². The first-order valence-electron chi connectivity index (χ1n) is 9.20. The molecule has 0 bridgehead atoms. The predicted octanol–water partition coefficient (Wildman–Crippen LogP) is 3.12. The second-order valence-electron chi connectivity index (χ2n) is 6.97. The molecule has 1 saturated heterocycles. The first-order valence-corrected chi connectivity index (χ1v) is 9.58. The van der Waals surface area contributed by atoms with Gasteiger partial charge in [-0.25, -0.2) is 14.8 Å². The molecule has 146 valence electrons. The molecule has 3 rings (SSSR count). The maximum atomic E-state index is 12.6. The van der Waals surface area contributed by atoms with E-state index in [0.717, 1.165) is 41.4 Å². The molecule has 0 aliphatic carbocycles. The number of piperidine rings is 1. The van der Waals surface area contributed by atoms with Crippen molar-refractivity contribution >= 4 is 23.4 Å². The van der Waals surface area contributed by atoms with Crippen LogP contribution in [0.15, 0.2) is 30.6 Å². The number of anilines is 1. The van der Waals surface area contributed by atoms with Crippen molar-refractivity contribution in [2.24, 2.45) is 0 Å². The fourth-order valence-corrected chi connectivity index (χ4v) is 3.42. The average Bonchev–Trinajstić information content (AvgIpc) is 2.74. The van der Waals surface area contributed by atoms with Crippen molar-refractivity contribution in [1.29, 1.82) is 5.26 Å². The molecule has 1 aromatic carbocycles. The lowest BCUT2D eigenvalue weighted by Crippen LogP contribution is -2.51. The average molecular weight is 399 g/mol. The van der Waals surface area contributed by atoms with Gasteiger partial charge in [-0.1, -0.05) is 23.7 Å². The molecule has 0 saturated carbocycles. The van der Waals surface area contributed by atoms with E-state index >= 15 is 0 Å². The Morgan fingerprint density at radius 1 is 1.43 bits per heavy atom. The summed E-state index contributed by atoms with van der Waals surface area (Å²) in [5, 5.41) is 12.5. The standard InChI is InChI=1S/C20H23ClN6O/c1-14-8-15(5-6-18(14)21)10-25-20(28)26(2)17-4-3-7-27(13-17)19-12-23-16(9-22)11-24-19/h5-6,8,11-12,17H,3-4,7,10,13H2,1-2H3,(H,25,28)/t17-/m1/s1. The van der Waals surface area contributed by atoms with E-state index in [1.54, 1.807) is 11.1 Å². The smallest absolute Gasteiger partial charge is 0.317 e. The molecule has 0 spiro atoms. The van der Waals surface area contributed by atoms with Crippen LogP contribution >= 0.6 is 11.6 Å². The van der Waals surface area contributed by atoms with Crippen LogP contribution in [0, 0.1) is 18.3 Å². The zero-order valence-electron chi connectivity index (χ0n) is 16.0. The third kappa shape index (κ3) is 4.70. The van der Waals surface area contributed by atoms with E-state index in [-0.39, 0.29) is 12.1 Å². The van der Waals surface area contributed by atoms with Gasteiger partial charge < -0.3 is 15.1 Å². The van der Waals surface area contributed by atoms with E-state index in [4.69, 9.17) is 16.9 Å². The van der Waals surface area contributed by atoms with Gasteiger partial charge in [0, 0.05) is 31.7 Å². The lowest BCUT2D eigenvalue weighted by molar-refractivity contribution is 0.182. The summed E-state index contributed by atoms with van der Waals surface area (Å²) in [6.45, 7) is 3.95. The Kier molecular flexibility index (Phi) is 6.32. The number of aryl methyl sites for hydroxylation is 1. The molecule has 2 aromatic rings. The van der Waals surface area contributed by atoms with Crippen LogP contribution in [0.3, 0.4) is 0 Å². The van der Waals surface area contributed by atoms with Gasteiger partial charge in [0.1, 0.15) is 11.9 Å². The van der Waals surface area contributed by atoms with Crippen LogP contribution in [-0.4, -0.2) is 47.1 Å². The number of nitriles is 1. The molecule has 1 N–H and O–H groups in total. The lowest BCUT2D eigenvalue weighted by Gasteiger charge is -2.38. The highest BCUT2D eigenvalue weighted by Gasteiger charge is 2.26. The second-order valence-corrected chi connectivity index (χ2v) is 7.37. The van der Waals surface area contributed by atoms with Crippen LogP contribution < -0.4 is 10.2 Å². The molecule has 2 amide bonds. The second kappa shape index (κ2) is 8.89. The summed E-state index contributed by atoms with van der Waals surface area (Å²) in [5.74, 6) is 0.731.